The van der Waals surface area contributed by atoms with Gasteiger partial charge < -0.3 is 15.1 Å². The lowest BCUT2D eigenvalue weighted by atomic mass is 10.0. The Morgan fingerprint density at radius 3 is 2.74 bits per heavy atom. The van der Waals surface area contributed by atoms with Crippen LogP contribution in [0.4, 0.5) is 10.1 Å². The average molecular weight is 367 g/mol. The van der Waals surface area contributed by atoms with E-state index in [2.05, 4.69) is 10.5 Å². The fourth-order valence-electron chi connectivity index (χ4n) is 3.31. The van der Waals surface area contributed by atoms with Gasteiger partial charge in [-0.1, -0.05) is 35.5 Å². The van der Waals surface area contributed by atoms with Gasteiger partial charge >= 0.3 is 0 Å². The number of anilines is 1. The Morgan fingerprint density at radius 2 is 1.96 bits per heavy atom. The van der Waals surface area contributed by atoms with Gasteiger partial charge in [-0.25, -0.2) is 4.39 Å². The van der Waals surface area contributed by atoms with Crippen LogP contribution in [0, 0.1) is 5.82 Å². The van der Waals surface area contributed by atoms with Crippen molar-refractivity contribution in [3.63, 3.8) is 0 Å². The number of benzene rings is 2. The maximum absolute atomic E-state index is 13.3. The van der Waals surface area contributed by atoms with E-state index in [0.29, 0.717) is 17.8 Å². The lowest BCUT2D eigenvalue weighted by Gasteiger charge is -2.18. The SMILES string of the molecule is O=C(NC1CC(=O)N(c2ccccc2)C1)C1CC(c2cccc(F)c2)=NO1. The number of oxime groups is 1. The minimum atomic E-state index is -0.774. The van der Waals surface area contributed by atoms with Crippen LogP contribution in [0.1, 0.15) is 18.4 Å². The van der Waals surface area contributed by atoms with Crippen LogP contribution < -0.4 is 10.2 Å². The van der Waals surface area contributed by atoms with Gasteiger partial charge in [-0.2, -0.15) is 0 Å². The van der Waals surface area contributed by atoms with E-state index < -0.39 is 6.10 Å². The van der Waals surface area contributed by atoms with E-state index in [-0.39, 0.29) is 36.5 Å². The van der Waals surface area contributed by atoms with Crippen molar-refractivity contribution in [2.75, 3.05) is 11.4 Å². The molecule has 0 radical (unpaired) electrons. The van der Waals surface area contributed by atoms with Gasteiger partial charge in [0.25, 0.3) is 5.91 Å². The fraction of sp³-hybridized carbons (Fsp3) is 0.250. The van der Waals surface area contributed by atoms with Crippen molar-refractivity contribution in [1.82, 2.24) is 5.32 Å². The Balaban J connectivity index is 1.35. The summed E-state index contributed by atoms with van der Waals surface area (Å²) in [5, 5.41) is 6.77. The summed E-state index contributed by atoms with van der Waals surface area (Å²) in [6.45, 7) is 0.416. The number of nitrogens with one attached hydrogen (secondary N) is 1. The summed E-state index contributed by atoms with van der Waals surface area (Å²) < 4.78 is 13.3. The summed E-state index contributed by atoms with van der Waals surface area (Å²) in [6.07, 6.45) is -0.271. The predicted molar refractivity (Wildman–Crippen MR) is 97.8 cm³/mol. The van der Waals surface area contributed by atoms with Crippen LogP contribution in [0.2, 0.25) is 0 Å². The van der Waals surface area contributed by atoms with Gasteiger partial charge in [0.05, 0.1) is 11.8 Å². The number of para-hydroxylation sites is 1. The molecule has 2 heterocycles. The van der Waals surface area contributed by atoms with Gasteiger partial charge in [-0.15, -0.1) is 0 Å². The molecule has 7 heteroatoms. The van der Waals surface area contributed by atoms with Crippen molar-refractivity contribution in [2.45, 2.75) is 25.0 Å². The summed E-state index contributed by atoms with van der Waals surface area (Å²) in [5.41, 5.74) is 1.94. The maximum Gasteiger partial charge on any atom is 0.264 e. The molecule has 2 aromatic rings. The van der Waals surface area contributed by atoms with Gasteiger partial charge in [0.2, 0.25) is 12.0 Å². The van der Waals surface area contributed by atoms with E-state index in [0.717, 1.165) is 5.69 Å². The largest absolute Gasteiger partial charge is 0.382 e. The number of nitrogens with zero attached hydrogens (tertiary/aromatic N) is 2. The molecular weight excluding hydrogens is 349 g/mol. The van der Waals surface area contributed by atoms with E-state index >= 15 is 0 Å². The average Bonchev–Trinajstić information content (AvgIpc) is 3.29. The first-order valence-electron chi connectivity index (χ1n) is 8.74. The second kappa shape index (κ2) is 7.19. The second-order valence-electron chi connectivity index (χ2n) is 6.60. The van der Waals surface area contributed by atoms with E-state index in [1.807, 2.05) is 30.3 Å². The van der Waals surface area contributed by atoms with Gasteiger partial charge in [-0.3, -0.25) is 9.59 Å². The fourth-order valence-corrected chi connectivity index (χ4v) is 3.31. The molecule has 27 heavy (non-hydrogen) atoms. The Hall–Kier alpha value is -3.22. The quantitative estimate of drug-likeness (QED) is 0.901. The predicted octanol–water partition coefficient (Wildman–Crippen LogP) is 2.24. The van der Waals surface area contributed by atoms with E-state index in [4.69, 9.17) is 4.84 Å². The van der Waals surface area contributed by atoms with E-state index in [1.54, 1.807) is 17.0 Å². The zero-order chi connectivity index (χ0) is 18.8. The highest BCUT2D eigenvalue weighted by Gasteiger charge is 2.35. The minimum Gasteiger partial charge on any atom is -0.382 e. The summed E-state index contributed by atoms with van der Waals surface area (Å²) in [6, 6.07) is 15.1. The third-order valence-electron chi connectivity index (χ3n) is 4.66. The number of carbonyl (C=O) groups excluding carboxylic acids is 2. The first kappa shape index (κ1) is 17.2. The molecule has 1 N–H and O–H groups in total. The molecule has 2 unspecified atom stereocenters. The highest BCUT2D eigenvalue weighted by atomic mass is 19.1. The summed E-state index contributed by atoms with van der Waals surface area (Å²) in [5.74, 6) is -0.720. The van der Waals surface area contributed by atoms with Gasteiger partial charge in [0.1, 0.15) is 5.82 Å². The molecule has 2 amide bonds. The molecule has 2 atom stereocenters. The molecule has 138 valence electrons. The monoisotopic (exact) mass is 367 g/mol. The third-order valence-corrected chi connectivity index (χ3v) is 4.66. The second-order valence-corrected chi connectivity index (χ2v) is 6.60. The van der Waals surface area contributed by atoms with Crippen molar-refractivity contribution in [3.05, 3.63) is 66.0 Å². The summed E-state index contributed by atoms with van der Waals surface area (Å²) >= 11 is 0. The first-order valence-corrected chi connectivity index (χ1v) is 8.74. The van der Waals surface area contributed by atoms with Crippen LogP contribution in [0.5, 0.6) is 0 Å². The minimum absolute atomic E-state index is 0.0319. The summed E-state index contributed by atoms with van der Waals surface area (Å²) in [4.78, 5) is 31.6. The molecule has 6 nitrogen and oxygen atoms in total. The molecule has 2 aromatic carbocycles. The van der Waals surface area contributed by atoms with Gasteiger partial charge in [-0.05, 0) is 24.3 Å². The number of carbonyl (C=O) groups is 2. The molecule has 0 spiro atoms. The molecule has 0 bridgehead atoms. The van der Waals surface area contributed by atoms with Crippen molar-refractivity contribution in [2.24, 2.45) is 5.16 Å². The molecule has 0 saturated carbocycles. The number of rotatable bonds is 4. The van der Waals surface area contributed by atoms with Gasteiger partial charge in [0, 0.05) is 30.6 Å². The maximum atomic E-state index is 13.3. The molecule has 0 aliphatic carbocycles. The lowest BCUT2D eigenvalue weighted by Crippen LogP contribution is -2.42. The molecule has 4 rings (SSSR count). The van der Waals surface area contributed by atoms with E-state index in [1.165, 1.54) is 12.1 Å². The van der Waals surface area contributed by atoms with Crippen LogP contribution in [-0.2, 0) is 14.4 Å². The zero-order valence-corrected chi connectivity index (χ0v) is 14.5. The normalized spacial score (nSPS) is 21.7. The lowest BCUT2D eigenvalue weighted by molar-refractivity contribution is -0.131. The topological polar surface area (TPSA) is 71.0 Å². The Labute approximate surface area is 155 Å². The van der Waals surface area contributed by atoms with Crippen LogP contribution in [0.25, 0.3) is 0 Å². The van der Waals surface area contributed by atoms with Crippen molar-refractivity contribution < 1.29 is 18.8 Å². The molecular formula is C20H18FN3O3. The summed E-state index contributed by atoms with van der Waals surface area (Å²) in [7, 11) is 0. The molecule has 0 aromatic heterocycles. The standard InChI is InChI=1S/C20H18FN3O3/c21-14-6-4-5-13(9-14)17-11-18(27-23-17)20(26)22-15-10-19(25)24(12-15)16-7-2-1-3-8-16/h1-9,15,18H,10-12H2,(H,22,26). The Kier molecular flexibility index (Phi) is 4.58. The zero-order valence-electron chi connectivity index (χ0n) is 14.5. The van der Waals surface area contributed by atoms with Crippen molar-refractivity contribution >= 4 is 23.2 Å². The molecule has 1 saturated heterocycles. The van der Waals surface area contributed by atoms with Crippen molar-refractivity contribution in [1.29, 1.82) is 0 Å². The van der Waals surface area contributed by atoms with Crippen LogP contribution in [-0.4, -0.2) is 36.2 Å². The molecule has 2 aliphatic rings. The van der Waals surface area contributed by atoms with Crippen LogP contribution >= 0.6 is 0 Å². The number of amides is 2. The Morgan fingerprint density at radius 1 is 1.15 bits per heavy atom. The third kappa shape index (κ3) is 3.67. The van der Waals surface area contributed by atoms with Gasteiger partial charge in [0.15, 0.2) is 0 Å². The smallest absolute Gasteiger partial charge is 0.264 e. The number of hydrogen-bond acceptors (Lipinski definition) is 4. The highest BCUT2D eigenvalue weighted by molar-refractivity contribution is 6.04. The van der Waals surface area contributed by atoms with Crippen LogP contribution in [0.3, 0.4) is 0 Å². The number of halogens is 1. The highest BCUT2D eigenvalue weighted by Crippen LogP contribution is 2.22. The first-order chi connectivity index (χ1) is 13.1. The number of hydrogen-bond donors (Lipinski definition) is 1. The van der Waals surface area contributed by atoms with E-state index in [9.17, 15) is 14.0 Å². The van der Waals surface area contributed by atoms with Crippen LogP contribution in [0.15, 0.2) is 59.8 Å². The Bertz CT molecular complexity index is 900. The van der Waals surface area contributed by atoms with Crippen molar-refractivity contribution in [3.8, 4) is 0 Å². The molecule has 2 aliphatic heterocycles. The molecule has 1 fully saturated rings.